The van der Waals surface area contributed by atoms with Gasteiger partial charge in [-0.05, 0) is 59.3 Å². The molecule has 1 aromatic heterocycles. The minimum absolute atomic E-state index is 0.0675. The van der Waals surface area contributed by atoms with Crippen molar-refractivity contribution in [2.45, 2.75) is 6.92 Å². The molecular formula is C16H13FIN3O2. The van der Waals surface area contributed by atoms with E-state index >= 15 is 0 Å². The van der Waals surface area contributed by atoms with Gasteiger partial charge in [0.1, 0.15) is 5.52 Å². The van der Waals surface area contributed by atoms with Crippen LogP contribution < -0.4 is 5.32 Å². The molecule has 0 saturated heterocycles. The molecule has 3 aromatic rings. The van der Waals surface area contributed by atoms with Crippen LogP contribution in [-0.2, 0) is 4.74 Å². The van der Waals surface area contributed by atoms with E-state index in [2.05, 4.69) is 37.9 Å². The number of fused-ring (bicyclic) bond motifs is 1. The van der Waals surface area contributed by atoms with Crippen molar-refractivity contribution in [1.82, 2.24) is 9.97 Å². The molecule has 7 heteroatoms. The fourth-order valence-electron chi connectivity index (χ4n) is 2.34. The Kier molecular flexibility index (Phi) is 4.20. The third-order valence-electron chi connectivity index (χ3n) is 3.51. The zero-order valence-corrected chi connectivity index (χ0v) is 14.6. The van der Waals surface area contributed by atoms with Gasteiger partial charge in [-0.3, -0.25) is 0 Å². The van der Waals surface area contributed by atoms with E-state index in [1.54, 1.807) is 0 Å². The smallest absolute Gasteiger partial charge is 0.340 e. The zero-order valence-electron chi connectivity index (χ0n) is 12.4. The van der Waals surface area contributed by atoms with Gasteiger partial charge in [0.05, 0.1) is 30.2 Å². The third-order valence-corrected chi connectivity index (χ3v) is 4.18. The Morgan fingerprint density at radius 1 is 1.39 bits per heavy atom. The molecule has 23 heavy (non-hydrogen) atoms. The van der Waals surface area contributed by atoms with E-state index in [0.717, 1.165) is 9.13 Å². The Morgan fingerprint density at radius 3 is 2.87 bits per heavy atom. The topological polar surface area (TPSA) is 67.0 Å². The van der Waals surface area contributed by atoms with Crippen molar-refractivity contribution in [2.75, 3.05) is 12.4 Å². The molecule has 0 saturated carbocycles. The molecule has 0 fully saturated rings. The fraction of sp³-hybridized carbons (Fsp3) is 0.125. The number of anilines is 2. The molecule has 0 radical (unpaired) electrons. The third kappa shape index (κ3) is 2.88. The maximum atomic E-state index is 14.8. The predicted octanol–water partition coefficient (Wildman–Crippen LogP) is 4.15. The molecule has 0 unspecified atom stereocenters. The molecule has 0 aliphatic heterocycles. The number of ether oxygens (including phenoxy) is 1. The van der Waals surface area contributed by atoms with Gasteiger partial charge >= 0.3 is 5.97 Å². The molecule has 1 heterocycles. The standard InChI is InChI=1S/C16H13FIN3O2/c1-8-5-9(18)3-4-11(8)21-14-10(16(22)23-2)6-12-15(13(14)17)20-7-19-12/h3-7,21H,1-2H3,(H,19,20). The summed E-state index contributed by atoms with van der Waals surface area (Å²) in [6.07, 6.45) is 1.38. The van der Waals surface area contributed by atoms with Crippen molar-refractivity contribution in [3.05, 3.63) is 51.1 Å². The number of nitrogens with one attached hydrogen (secondary N) is 2. The number of hydrogen-bond acceptors (Lipinski definition) is 4. The van der Waals surface area contributed by atoms with Crippen LogP contribution in [0.25, 0.3) is 11.0 Å². The van der Waals surface area contributed by atoms with E-state index in [0.29, 0.717) is 11.2 Å². The first kappa shape index (κ1) is 15.7. The van der Waals surface area contributed by atoms with Gasteiger partial charge in [0.25, 0.3) is 0 Å². The largest absolute Gasteiger partial charge is 0.465 e. The van der Waals surface area contributed by atoms with Crippen LogP contribution in [-0.4, -0.2) is 23.0 Å². The van der Waals surface area contributed by atoms with Gasteiger partial charge < -0.3 is 15.0 Å². The number of H-pyrrole nitrogens is 1. The molecule has 2 aromatic carbocycles. The lowest BCUT2D eigenvalue weighted by Crippen LogP contribution is -2.08. The number of methoxy groups -OCH3 is 1. The van der Waals surface area contributed by atoms with Gasteiger partial charge in [0, 0.05) is 9.26 Å². The average Bonchev–Trinajstić information content (AvgIpc) is 3.00. The van der Waals surface area contributed by atoms with E-state index in [9.17, 15) is 9.18 Å². The van der Waals surface area contributed by atoms with Crippen LogP contribution in [0.15, 0.2) is 30.6 Å². The van der Waals surface area contributed by atoms with Gasteiger partial charge in [-0.15, -0.1) is 0 Å². The number of carbonyl (C=O) groups excluding carboxylic acids is 1. The van der Waals surface area contributed by atoms with Crippen molar-refractivity contribution >= 4 is 51.0 Å². The SMILES string of the molecule is COC(=O)c1cc2nc[nH]c2c(F)c1Nc1ccc(I)cc1C. The Balaban J connectivity index is 2.17. The quantitative estimate of drug-likeness (QED) is 0.489. The number of aromatic amines is 1. The first-order valence-corrected chi connectivity index (χ1v) is 7.86. The summed E-state index contributed by atoms with van der Waals surface area (Å²) in [6, 6.07) is 7.22. The lowest BCUT2D eigenvalue weighted by Gasteiger charge is -2.14. The number of nitrogens with zero attached hydrogens (tertiary/aromatic N) is 1. The van der Waals surface area contributed by atoms with E-state index in [4.69, 9.17) is 4.74 Å². The number of halogens is 2. The molecule has 3 rings (SSSR count). The molecule has 0 atom stereocenters. The van der Waals surface area contributed by atoms with Crippen molar-refractivity contribution in [3.63, 3.8) is 0 Å². The number of imidazole rings is 1. The minimum atomic E-state index is -0.625. The number of esters is 1. The Hall–Kier alpha value is -2.16. The first-order valence-electron chi connectivity index (χ1n) is 6.78. The highest BCUT2D eigenvalue weighted by Gasteiger charge is 2.21. The lowest BCUT2D eigenvalue weighted by molar-refractivity contribution is 0.0601. The van der Waals surface area contributed by atoms with Crippen LogP contribution in [0.4, 0.5) is 15.8 Å². The highest BCUT2D eigenvalue weighted by molar-refractivity contribution is 14.1. The van der Waals surface area contributed by atoms with Gasteiger partial charge in [-0.1, -0.05) is 0 Å². The highest BCUT2D eigenvalue weighted by atomic mass is 127. The van der Waals surface area contributed by atoms with E-state index < -0.39 is 11.8 Å². The van der Waals surface area contributed by atoms with Crippen LogP contribution in [0.1, 0.15) is 15.9 Å². The Labute approximate surface area is 145 Å². The van der Waals surface area contributed by atoms with Crippen LogP contribution in [0.3, 0.4) is 0 Å². The summed E-state index contributed by atoms with van der Waals surface area (Å²) >= 11 is 2.20. The molecule has 2 N–H and O–H groups in total. The second kappa shape index (κ2) is 6.15. The number of aromatic nitrogens is 2. The number of benzene rings is 2. The molecule has 0 spiro atoms. The summed E-state index contributed by atoms with van der Waals surface area (Å²) in [5.74, 6) is -1.20. The number of aryl methyl sites for hydroxylation is 1. The van der Waals surface area contributed by atoms with Crippen molar-refractivity contribution < 1.29 is 13.9 Å². The average molecular weight is 425 g/mol. The summed E-state index contributed by atoms with van der Waals surface area (Å²) < 4.78 is 20.6. The molecule has 0 amide bonds. The molecule has 0 aliphatic carbocycles. The number of hydrogen-bond donors (Lipinski definition) is 2. The van der Waals surface area contributed by atoms with Crippen molar-refractivity contribution in [1.29, 1.82) is 0 Å². The molecular weight excluding hydrogens is 412 g/mol. The molecule has 118 valence electrons. The fourth-order valence-corrected chi connectivity index (χ4v) is 2.98. The maximum Gasteiger partial charge on any atom is 0.340 e. The Bertz CT molecular complexity index is 908. The summed E-state index contributed by atoms with van der Waals surface area (Å²) in [6.45, 7) is 1.91. The highest BCUT2D eigenvalue weighted by Crippen LogP contribution is 2.31. The molecule has 0 bridgehead atoms. The van der Waals surface area contributed by atoms with Crippen LogP contribution >= 0.6 is 22.6 Å². The summed E-state index contributed by atoms with van der Waals surface area (Å²) in [5.41, 5.74) is 2.43. The van der Waals surface area contributed by atoms with Gasteiger partial charge in [-0.2, -0.15) is 0 Å². The Morgan fingerprint density at radius 2 is 2.17 bits per heavy atom. The van der Waals surface area contributed by atoms with Gasteiger partial charge in [0.2, 0.25) is 0 Å². The van der Waals surface area contributed by atoms with Crippen molar-refractivity contribution in [2.24, 2.45) is 0 Å². The summed E-state index contributed by atoms with van der Waals surface area (Å²) in [5, 5.41) is 3.01. The second-order valence-corrected chi connectivity index (χ2v) is 6.23. The zero-order chi connectivity index (χ0) is 16.6. The van der Waals surface area contributed by atoms with E-state index in [1.165, 1.54) is 19.5 Å². The predicted molar refractivity (Wildman–Crippen MR) is 94.6 cm³/mol. The van der Waals surface area contributed by atoms with Gasteiger partial charge in [-0.25, -0.2) is 14.2 Å². The van der Waals surface area contributed by atoms with Crippen molar-refractivity contribution in [3.8, 4) is 0 Å². The normalized spacial score (nSPS) is 10.8. The maximum absolute atomic E-state index is 14.8. The van der Waals surface area contributed by atoms with Crippen LogP contribution in [0, 0.1) is 16.3 Å². The lowest BCUT2D eigenvalue weighted by atomic mass is 10.1. The van der Waals surface area contributed by atoms with E-state index in [-0.39, 0.29) is 16.8 Å². The second-order valence-electron chi connectivity index (χ2n) is 4.99. The molecule has 5 nitrogen and oxygen atoms in total. The number of rotatable bonds is 3. The minimum Gasteiger partial charge on any atom is -0.465 e. The number of carbonyl (C=O) groups is 1. The monoisotopic (exact) mass is 425 g/mol. The van der Waals surface area contributed by atoms with E-state index in [1.807, 2.05) is 25.1 Å². The van der Waals surface area contributed by atoms with Crippen LogP contribution in [0.2, 0.25) is 0 Å². The summed E-state index contributed by atoms with van der Waals surface area (Å²) in [7, 11) is 1.26. The van der Waals surface area contributed by atoms with Gasteiger partial charge in [0.15, 0.2) is 5.82 Å². The summed E-state index contributed by atoms with van der Waals surface area (Å²) in [4.78, 5) is 18.8. The molecule has 0 aliphatic rings. The first-order chi connectivity index (χ1) is 11.0. The van der Waals surface area contributed by atoms with Crippen LogP contribution in [0.5, 0.6) is 0 Å².